The highest BCUT2D eigenvalue weighted by Crippen LogP contribution is 2.40. The third-order valence-corrected chi connectivity index (χ3v) is 7.51. The Bertz CT molecular complexity index is 1160. The second-order valence-electron chi connectivity index (χ2n) is 8.04. The van der Waals surface area contributed by atoms with Crippen molar-refractivity contribution in [3.63, 3.8) is 0 Å². The molecule has 0 spiro atoms. The molecule has 2 aromatic heterocycles. The van der Waals surface area contributed by atoms with Crippen LogP contribution in [0.5, 0.6) is 0 Å². The van der Waals surface area contributed by atoms with Crippen molar-refractivity contribution in [1.82, 2.24) is 9.97 Å². The molecule has 1 aliphatic carbocycles. The summed E-state index contributed by atoms with van der Waals surface area (Å²) < 4.78 is 5.10. The van der Waals surface area contributed by atoms with E-state index < -0.39 is 5.97 Å². The summed E-state index contributed by atoms with van der Waals surface area (Å²) in [6.45, 7) is 6.21. The van der Waals surface area contributed by atoms with Crippen molar-refractivity contribution in [2.75, 3.05) is 17.7 Å². The number of fused-ring (bicyclic) bond motifs is 3. The minimum atomic E-state index is -0.444. The zero-order valence-electron chi connectivity index (χ0n) is 18.6. The van der Waals surface area contributed by atoms with Crippen LogP contribution >= 0.6 is 23.1 Å². The lowest BCUT2D eigenvalue weighted by molar-refractivity contribution is -0.113. The van der Waals surface area contributed by atoms with E-state index in [1.165, 1.54) is 35.0 Å². The highest BCUT2D eigenvalue weighted by Gasteiger charge is 2.23. The van der Waals surface area contributed by atoms with Crippen molar-refractivity contribution >= 4 is 50.9 Å². The van der Waals surface area contributed by atoms with Gasteiger partial charge in [-0.25, -0.2) is 14.8 Å². The van der Waals surface area contributed by atoms with Crippen molar-refractivity contribution in [2.45, 2.75) is 57.4 Å². The molecule has 0 saturated carbocycles. The van der Waals surface area contributed by atoms with E-state index in [0.717, 1.165) is 33.9 Å². The summed E-state index contributed by atoms with van der Waals surface area (Å²) in [5.74, 6) is 0.592. The summed E-state index contributed by atoms with van der Waals surface area (Å²) in [6.07, 6.45) is 4.55. The number of ether oxygens (including phenoxy) is 1. The normalized spacial score (nSPS) is 13.2. The number of carbonyl (C=O) groups is 2. The van der Waals surface area contributed by atoms with Gasteiger partial charge < -0.3 is 10.1 Å². The number of rotatable bonds is 7. The molecule has 1 amide bonds. The smallest absolute Gasteiger partial charge is 0.340 e. The van der Waals surface area contributed by atoms with Gasteiger partial charge in [0.25, 0.3) is 0 Å². The molecular formula is C24H27N3O3S2. The standard InChI is InChI=1S/C24H27N3O3S2/c1-4-30-24(29)15-9-5-7-11-17(15)25-19(28)13-31-22-20-16-10-6-8-12-18(16)32-23(20)27-21(26-22)14(2)3/h5,7,9,11,14H,4,6,8,10,12-13H2,1-3H3,(H,25,28). The van der Waals surface area contributed by atoms with Crippen molar-refractivity contribution < 1.29 is 14.3 Å². The second-order valence-corrected chi connectivity index (χ2v) is 10.1. The van der Waals surface area contributed by atoms with E-state index in [9.17, 15) is 9.59 Å². The Morgan fingerprint density at radius 1 is 1.19 bits per heavy atom. The van der Waals surface area contributed by atoms with E-state index >= 15 is 0 Å². The van der Waals surface area contributed by atoms with E-state index in [4.69, 9.17) is 14.7 Å². The third-order valence-electron chi connectivity index (χ3n) is 5.35. The third kappa shape index (κ3) is 4.81. The van der Waals surface area contributed by atoms with E-state index in [1.807, 2.05) is 0 Å². The van der Waals surface area contributed by atoms with Gasteiger partial charge >= 0.3 is 5.97 Å². The summed E-state index contributed by atoms with van der Waals surface area (Å²) in [5.41, 5.74) is 2.17. The molecule has 0 atom stereocenters. The number of thioether (sulfide) groups is 1. The molecule has 0 unspecified atom stereocenters. The number of aryl methyl sites for hydroxylation is 2. The predicted molar refractivity (Wildman–Crippen MR) is 130 cm³/mol. The number of hydrogen-bond donors (Lipinski definition) is 1. The Morgan fingerprint density at radius 2 is 1.97 bits per heavy atom. The molecule has 3 aromatic rings. The lowest BCUT2D eigenvalue weighted by atomic mass is 9.97. The summed E-state index contributed by atoms with van der Waals surface area (Å²) in [5, 5.41) is 4.87. The van der Waals surface area contributed by atoms with E-state index in [0.29, 0.717) is 11.3 Å². The van der Waals surface area contributed by atoms with Crippen molar-refractivity contribution in [2.24, 2.45) is 0 Å². The first-order valence-corrected chi connectivity index (χ1v) is 12.8. The van der Waals surface area contributed by atoms with Gasteiger partial charge in [-0.1, -0.05) is 37.7 Å². The molecule has 1 N–H and O–H groups in total. The fourth-order valence-electron chi connectivity index (χ4n) is 3.80. The Kier molecular flexibility index (Phi) is 7.10. The lowest BCUT2D eigenvalue weighted by Gasteiger charge is -2.13. The number of aromatic nitrogens is 2. The zero-order chi connectivity index (χ0) is 22.7. The van der Waals surface area contributed by atoms with Crippen molar-refractivity contribution in [3.8, 4) is 0 Å². The van der Waals surface area contributed by atoms with Gasteiger partial charge in [0.1, 0.15) is 15.7 Å². The number of nitrogens with zero attached hydrogens (tertiary/aromatic N) is 2. The number of esters is 1. The molecule has 32 heavy (non-hydrogen) atoms. The Labute approximate surface area is 196 Å². The van der Waals surface area contributed by atoms with Gasteiger partial charge in [-0.3, -0.25) is 4.79 Å². The molecule has 8 heteroatoms. The average molecular weight is 470 g/mol. The largest absolute Gasteiger partial charge is 0.462 e. The fraction of sp³-hybridized carbons (Fsp3) is 0.417. The zero-order valence-corrected chi connectivity index (χ0v) is 20.2. The van der Waals surface area contributed by atoms with Crippen LogP contribution in [0.15, 0.2) is 29.3 Å². The van der Waals surface area contributed by atoms with Crippen LogP contribution in [0.1, 0.15) is 66.2 Å². The quantitative estimate of drug-likeness (QED) is 0.276. The number of amides is 1. The Balaban J connectivity index is 1.56. The monoisotopic (exact) mass is 469 g/mol. The highest BCUT2D eigenvalue weighted by molar-refractivity contribution is 8.00. The number of hydrogen-bond acceptors (Lipinski definition) is 7. The Hall–Kier alpha value is -2.45. The van der Waals surface area contributed by atoms with Crippen LogP contribution in [0.25, 0.3) is 10.2 Å². The minimum absolute atomic E-state index is 0.186. The van der Waals surface area contributed by atoms with Crippen LogP contribution < -0.4 is 5.32 Å². The highest BCUT2D eigenvalue weighted by atomic mass is 32.2. The molecule has 6 nitrogen and oxygen atoms in total. The van der Waals surface area contributed by atoms with Gasteiger partial charge in [0.15, 0.2) is 0 Å². The first-order valence-electron chi connectivity index (χ1n) is 11.0. The maximum Gasteiger partial charge on any atom is 0.340 e. The number of anilines is 1. The number of carbonyl (C=O) groups excluding carboxylic acids is 2. The number of para-hydroxylation sites is 1. The Morgan fingerprint density at radius 3 is 2.75 bits per heavy atom. The lowest BCUT2D eigenvalue weighted by Crippen LogP contribution is -2.17. The van der Waals surface area contributed by atoms with Gasteiger partial charge in [0.05, 0.1) is 23.6 Å². The molecule has 0 fully saturated rings. The molecule has 0 bridgehead atoms. The van der Waals surface area contributed by atoms with Gasteiger partial charge in [0.2, 0.25) is 5.91 Å². The first kappa shape index (κ1) is 22.7. The van der Waals surface area contributed by atoms with Crippen LogP contribution in [-0.2, 0) is 22.4 Å². The molecular weight excluding hydrogens is 442 g/mol. The average Bonchev–Trinajstić information content (AvgIpc) is 3.16. The van der Waals surface area contributed by atoms with Crippen LogP contribution in [-0.4, -0.2) is 34.2 Å². The number of nitrogens with one attached hydrogen (secondary N) is 1. The number of benzene rings is 1. The molecule has 4 rings (SSSR count). The van der Waals surface area contributed by atoms with E-state index in [2.05, 4.69) is 19.2 Å². The van der Waals surface area contributed by atoms with E-state index in [1.54, 1.807) is 42.5 Å². The maximum absolute atomic E-state index is 12.8. The van der Waals surface area contributed by atoms with Gasteiger partial charge in [-0.15, -0.1) is 11.3 Å². The van der Waals surface area contributed by atoms with Gasteiger partial charge in [-0.05, 0) is 50.3 Å². The molecule has 0 saturated heterocycles. The molecule has 1 aromatic carbocycles. The topological polar surface area (TPSA) is 81.2 Å². The summed E-state index contributed by atoms with van der Waals surface area (Å²) in [4.78, 5) is 37.1. The summed E-state index contributed by atoms with van der Waals surface area (Å²) in [7, 11) is 0. The molecule has 1 aliphatic rings. The van der Waals surface area contributed by atoms with Crippen LogP contribution in [0.3, 0.4) is 0 Å². The second kappa shape index (κ2) is 10.0. The van der Waals surface area contributed by atoms with Crippen molar-refractivity contribution in [3.05, 3.63) is 46.1 Å². The maximum atomic E-state index is 12.8. The van der Waals surface area contributed by atoms with Gasteiger partial charge in [-0.2, -0.15) is 0 Å². The summed E-state index contributed by atoms with van der Waals surface area (Å²) >= 11 is 3.21. The SMILES string of the molecule is CCOC(=O)c1ccccc1NC(=O)CSc1nc(C(C)C)nc2sc3c(c12)CCCC3. The van der Waals surface area contributed by atoms with Crippen LogP contribution in [0.2, 0.25) is 0 Å². The fourth-order valence-corrected chi connectivity index (χ4v) is 6.00. The molecule has 0 aliphatic heterocycles. The van der Waals surface area contributed by atoms with Crippen LogP contribution in [0, 0.1) is 0 Å². The molecule has 0 radical (unpaired) electrons. The minimum Gasteiger partial charge on any atom is -0.462 e. The molecule has 2 heterocycles. The molecule has 168 valence electrons. The van der Waals surface area contributed by atoms with Gasteiger partial charge in [0, 0.05) is 16.2 Å². The van der Waals surface area contributed by atoms with Crippen molar-refractivity contribution in [1.29, 1.82) is 0 Å². The van der Waals surface area contributed by atoms with Crippen LogP contribution in [0.4, 0.5) is 5.69 Å². The number of thiophene rings is 1. The van der Waals surface area contributed by atoms with E-state index in [-0.39, 0.29) is 24.2 Å². The predicted octanol–water partition coefficient (Wildman–Crippen LogP) is 5.60. The summed E-state index contributed by atoms with van der Waals surface area (Å²) in [6, 6.07) is 6.90. The first-order chi connectivity index (χ1) is 15.5.